The number of amides is 1. The van der Waals surface area contributed by atoms with Gasteiger partial charge in [0.15, 0.2) is 0 Å². The molecule has 0 fully saturated rings. The normalized spacial score (nSPS) is 10.9. The molecule has 0 atom stereocenters. The predicted octanol–water partition coefficient (Wildman–Crippen LogP) is 4.84. The van der Waals surface area contributed by atoms with Gasteiger partial charge < -0.3 is 11.1 Å². The number of aromatic nitrogens is 1. The molecular weight excluding hydrogens is 370 g/mol. The minimum absolute atomic E-state index is 0.141. The van der Waals surface area contributed by atoms with Crippen molar-refractivity contribution in [2.45, 2.75) is 13.8 Å². The maximum Gasteiger partial charge on any atom is 0.274 e. The van der Waals surface area contributed by atoms with Crippen molar-refractivity contribution in [1.29, 1.82) is 0 Å². The molecule has 4 rings (SSSR count). The second-order valence-electron chi connectivity index (χ2n) is 6.67. The monoisotopic (exact) mass is 389 g/mol. The molecule has 0 bridgehead atoms. The van der Waals surface area contributed by atoms with Crippen LogP contribution in [0.3, 0.4) is 0 Å². The lowest BCUT2D eigenvalue weighted by atomic mass is 10.1. The van der Waals surface area contributed by atoms with Crippen LogP contribution in [0.15, 0.2) is 60.0 Å². The van der Waals surface area contributed by atoms with E-state index in [2.05, 4.69) is 5.32 Å². The Hall–Kier alpha value is -3.38. The molecule has 0 aliphatic heterocycles. The lowest BCUT2D eigenvalue weighted by Gasteiger charge is -2.10. The highest BCUT2D eigenvalue weighted by atomic mass is 32.1. The third-order valence-electron chi connectivity index (χ3n) is 4.70. The molecule has 2 heterocycles. The molecule has 0 aliphatic rings. The minimum atomic E-state index is -0.335. The van der Waals surface area contributed by atoms with Gasteiger partial charge >= 0.3 is 0 Å². The summed E-state index contributed by atoms with van der Waals surface area (Å²) >= 11 is 1.34. The van der Waals surface area contributed by atoms with E-state index in [1.54, 1.807) is 18.2 Å². The average molecular weight is 389 g/mol. The van der Waals surface area contributed by atoms with E-state index in [1.165, 1.54) is 15.9 Å². The Morgan fingerprint density at radius 3 is 2.54 bits per heavy atom. The van der Waals surface area contributed by atoms with Gasteiger partial charge in [-0.15, -0.1) is 11.3 Å². The molecule has 3 N–H and O–H groups in total. The van der Waals surface area contributed by atoms with E-state index in [0.717, 1.165) is 16.8 Å². The number of carbonyl (C=O) groups is 2. The van der Waals surface area contributed by atoms with Gasteiger partial charge in [-0.1, -0.05) is 42.0 Å². The largest absolute Gasteiger partial charge is 0.384 e. The number of nitrogens with zero attached hydrogens (tertiary/aromatic N) is 1. The summed E-state index contributed by atoms with van der Waals surface area (Å²) < 4.78 is 1.41. The third kappa shape index (κ3) is 2.97. The average Bonchev–Trinajstić information content (AvgIpc) is 3.29. The van der Waals surface area contributed by atoms with Crippen molar-refractivity contribution in [2.24, 2.45) is 0 Å². The fourth-order valence-electron chi connectivity index (χ4n) is 3.37. The Labute approximate surface area is 166 Å². The first-order valence-electron chi connectivity index (χ1n) is 8.83. The summed E-state index contributed by atoms with van der Waals surface area (Å²) in [5, 5.41) is 5.41. The Bertz CT molecular complexity index is 1210. The van der Waals surface area contributed by atoms with Crippen molar-refractivity contribution in [3.8, 4) is 0 Å². The molecule has 0 saturated heterocycles. The molecule has 0 unspecified atom stereocenters. The lowest BCUT2D eigenvalue weighted by molar-refractivity contribution is 0.0971. The van der Waals surface area contributed by atoms with Gasteiger partial charge in [0.25, 0.3) is 11.8 Å². The van der Waals surface area contributed by atoms with Gasteiger partial charge in [0.05, 0.1) is 16.0 Å². The van der Waals surface area contributed by atoms with E-state index in [-0.39, 0.29) is 17.6 Å². The molecule has 1 amide bonds. The van der Waals surface area contributed by atoms with Crippen LogP contribution in [0, 0.1) is 13.8 Å². The zero-order valence-electron chi connectivity index (χ0n) is 15.5. The summed E-state index contributed by atoms with van der Waals surface area (Å²) in [5.41, 5.74) is 10.0. The summed E-state index contributed by atoms with van der Waals surface area (Å²) in [6.07, 6.45) is 0. The second-order valence-corrected chi connectivity index (χ2v) is 7.62. The number of nitrogens with one attached hydrogen (secondary N) is 1. The van der Waals surface area contributed by atoms with Crippen LogP contribution < -0.4 is 11.1 Å². The number of nitrogen functional groups attached to an aromatic ring is 1. The van der Waals surface area contributed by atoms with Crippen LogP contribution in [-0.2, 0) is 0 Å². The van der Waals surface area contributed by atoms with Crippen LogP contribution in [0.4, 0.5) is 11.5 Å². The summed E-state index contributed by atoms with van der Waals surface area (Å²) in [6.45, 7) is 3.94. The van der Waals surface area contributed by atoms with E-state index < -0.39 is 0 Å². The van der Waals surface area contributed by atoms with Crippen molar-refractivity contribution in [2.75, 3.05) is 11.1 Å². The number of nitrogens with two attached hydrogens (primary N) is 1. The number of benzene rings is 2. The van der Waals surface area contributed by atoms with Crippen LogP contribution in [0.2, 0.25) is 0 Å². The number of thiophene rings is 1. The number of para-hydroxylation sites is 1. The van der Waals surface area contributed by atoms with Crippen LogP contribution in [0.5, 0.6) is 0 Å². The Kier molecular flexibility index (Phi) is 4.49. The number of rotatable bonds is 3. The quantitative estimate of drug-likeness (QED) is 0.526. The summed E-state index contributed by atoms with van der Waals surface area (Å²) in [4.78, 5) is 26.6. The molecule has 6 heteroatoms. The van der Waals surface area contributed by atoms with Gasteiger partial charge in [0, 0.05) is 11.1 Å². The number of carbonyl (C=O) groups excluding carboxylic acids is 2. The van der Waals surface area contributed by atoms with Crippen molar-refractivity contribution in [1.82, 2.24) is 4.57 Å². The number of fused-ring (bicyclic) bond motifs is 1. The SMILES string of the molecule is Cc1ccc(NC(=O)c2c(N)n(C(=O)c3cccs3)c3ccccc23)c(C)c1. The smallest absolute Gasteiger partial charge is 0.274 e. The van der Waals surface area contributed by atoms with E-state index >= 15 is 0 Å². The van der Waals surface area contributed by atoms with Crippen molar-refractivity contribution in [3.63, 3.8) is 0 Å². The maximum absolute atomic E-state index is 13.1. The first-order valence-corrected chi connectivity index (χ1v) is 9.71. The molecule has 4 aromatic rings. The van der Waals surface area contributed by atoms with Crippen LogP contribution in [0.25, 0.3) is 10.9 Å². The summed E-state index contributed by atoms with van der Waals surface area (Å²) in [5.74, 6) is -0.436. The fourth-order valence-corrected chi connectivity index (χ4v) is 4.02. The fraction of sp³-hybridized carbons (Fsp3) is 0.0909. The molecule has 2 aromatic carbocycles. The zero-order valence-corrected chi connectivity index (χ0v) is 16.3. The number of aryl methyl sites for hydroxylation is 2. The lowest BCUT2D eigenvalue weighted by Crippen LogP contribution is -2.17. The molecule has 28 heavy (non-hydrogen) atoms. The highest BCUT2D eigenvalue weighted by molar-refractivity contribution is 7.12. The van der Waals surface area contributed by atoms with Crippen molar-refractivity contribution >= 4 is 45.6 Å². The van der Waals surface area contributed by atoms with E-state index in [1.807, 2.05) is 55.6 Å². The van der Waals surface area contributed by atoms with Crippen molar-refractivity contribution < 1.29 is 9.59 Å². The minimum Gasteiger partial charge on any atom is -0.384 e. The van der Waals surface area contributed by atoms with Crippen LogP contribution >= 0.6 is 11.3 Å². The zero-order chi connectivity index (χ0) is 19.8. The molecule has 5 nitrogen and oxygen atoms in total. The summed E-state index contributed by atoms with van der Waals surface area (Å²) in [7, 11) is 0. The second kappa shape index (κ2) is 6.98. The van der Waals surface area contributed by atoms with Crippen molar-refractivity contribution in [3.05, 3.63) is 81.5 Å². The Morgan fingerprint density at radius 1 is 1.04 bits per heavy atom. The number of hydrogen-bond donors (Lipinski definition) is 2. The molecule has 0 aliphatic carbocycles. The van der Waals surface area contributed by atoms with Gasteiger partial charge in [-0.3, -0.25) is 14.2 Å². The first-order chi connectivity index (χ1) is 13.5. The molecule has 0 saturated carbocycles. The molecular formula is C22H19N3O2S. The van der Waals surface area contributed by atoms with Crippen LogP contribution in [-0.4, -0.2) is 16.4 Å². The van der Waals surface area contributed by atoms with E-state index in [0.29, 0.717) is 21.3 Å². The molecule has 0 spiro atoms. The Morgan fingerprint density at radius 2 is 1.82 bits per heavy atom. The number of anilines is 2. The molecule has 0 radical (unpaired) electrons. The topological polar surface area (TPSA) is 77.1 Å². The molecule has 140 valence electrons. The standard InChI is InChI=1S/C22H19N3O2S/c1-13-9-10-16(14(2)12-13)24-21(26)19-15-6-3-4-7-17(15)25(20(19)23)22(27)18-8-5-11-28-18/h3-12H,23H2,1-2H3,(H,24,26). The number of hydrogen-bond acceptors (Lipinski definition) is 4. The highest BCUT2D eigenvalue weighted by Gasteiger charge is 2.25. The third-order valence-corrected chi connectivity index (χ3v) is 5.56. The van der Waals surface area contributed by atoms with Gasteiger partial charge in [0.1, 0.15) is 5.82 Å². The van der Waals surface area contributed by atoms with Gasteiger partial charge in [-0.25, -0.2) is 0 Å². The van der Waals surface area contributed by atoms with Gasteiger partial charge in [0.2, 0.25) is 0 Å². The summed E-state index contributed by atoms with van der Waals surface area (Å²) in [6, 6.07) is 16.6. The van der Waals surface area contributed by atoms with Crippen LogP contribution in [0.1, 0.15) is 31.2 Å². The maximum atomic E-state index is 13.1. The predicted molar refractivity (Wildman–Crippen MR) is 114 cm³/mol. The Balaban J connectivity index is 1.82. The van der Waals surface area contributed by atoms with Gasteiger partial charge in [-0.2, -0.15) is 0 Å². The first kappa shape index (κ1) is 18.0. The molecule has 2 aromatic heterocycles. The van der Waals surface area contributed by atoms with E-state index in [4.69, 9.17) is 5.73 Å². The van der Waals surface area contributed by atoms with Gasteiger partial charge in [-0.05, 0) is 43.0 Å². The highest BCUT2D eigenvalue weighted by Crippen LogP contribution is 2.31. The van der Waals surface area contributed by atoms with E-state index in [9.17, 15) is 9.59 Å².